The van der Waals surface area contributed by atoms with Gasteiger partial charge >= 0.3 is 5.97 Å². The molecule has 25 heavy (non-hydrogen) atoms. The third-order valence-corrected chi connectivity index (χ3v) is 4.83. The molecule has 1 aliphatic heterocycles. The van der Waals surface area contributed by atoms with Crippen molar-refractivity contribution in [2.45, 2.75) is 32.6 Å². The molecule has 4 heteroatoms. The van der Waals surface area contributed by atoms with E-state index in [0.717, 1.165) is 30.6 Å². The number of hydrogen-bond acceptors (Lipinski definition) is 4. The summed E-state index contributed by atoms with van der Waals surface area (Å²) in [5.74, 6) is -0.308. The molecule has 0 amide bonds. The van der Waals surface area contributed by atoms with Gasteiger partial charge in [-0.15, -0.1) is 0 Å². The van der Waals surface area contributed by atoms with Gasteiger partial charge in [0.15, 0.2) is 0 Å². The Morgan fingerprint density at radius 3 is 2.56 bits per heavy atom. The maximum absolute atomic E-state index is 11.8. The number of carbonyl (C=O) groups excluding carboxylic acids is 2. The molecule has 0 aliphatic carbocycles. The first kappa shape index (κ1) is 17.2. The number of hydrogen-bond donors (Lipinski definition) is 0. The molecule has 0 fully saturated rings. The first-order valence-corrected chi connectivity index (χ1v) is 8.60. The monoisotopic (exact) mass is 337 g/mol. The minimum absolute atomic E-state index is 0.0676. The molecular weight excluding hydrogens is 314 g/mol. The Hall–Kier alpha value is -2.62. The van der Waals surface area contributed by atoms with Crippen LogP contribution in [0, 0.1) is 0 Å². The lowest BCUT2D eigenvalue weighted by molar-refractivity contribution is 0.0526. The zero-order valence-corrected chi connectivity index (χ0v) is 14.9. The zero-order chi connectivity index (χ0) is 18.0. The maximum atomic E-state index is 11.8. The van der Waals surface area contributed by atoms with E-state index in [-0.39, 0.29) is 11.4 Å². The Morgan fingerprint density at radius 1 is 1.20 bits per heavy atom. The highest BCUT2D eigenvalue weighted by Gasteiger charge is 2.31. The predicted molar refractivity (Wildman–Crippen MR) is 98.9 cm³/mol. The Labute approximate surface area is 148 Å². The highest BCUT2D eigenvalue weighted by Crippen LogP contribution is 2.43. The number of anilines is 2. The van der Waals surface area contributed by atoms with Crippen molar-refractivity contribution in [3.63, 3.8) is 0 Å². The van der Waals surface area contributed by atoms with E-state index in [1.165, 1.54) is 5.56 Å². The second kappa shape index (κ2) is 6.71. The molecule has 4 nitrogen and oxygen atoms in total. The van der Waals surface area contributed by atoms with Gasteiger partial charge in [0.05, 0.1) is 12.2 Å². The minimum Gasteiger partial charge on any atom is -0.462 e. The number of carbonyl (C=O) groups is 2. The van der Waals surface area contributed by atoms with E-state index in [1.54, 1.807) is 19.1 Å². The second-order valence-corrected chi connectivity index (χ2v) is 6.95. The van der Waals surface area contributed by atoms with Crippen molar-refractivity contribution in [1.29, 1.82) is 0 Å². The van der Waals surface area contributed by atoms with Gasteiger partial charge in [0.25, 0.3) is 0 Å². The molecule has 3 rings (SSSR count). The van der Waals surface area contributed by atoms with Crippen LogP contribution in [0.5, 0.6) is 0 Å². The lowest BCUT2D eigenvalue weighted by atomic mass is 9.77. The van der Waals surface area contributed by atoms with E-state index in [2.05, 4.69) is 24.8 Å². The summed E-state index contributed by atoms with van der Waals surface area (Å²) >= 11 is 0. The van der Waals surface area contributed by atoms with Gasteiger partial charge in [-0.1, -0.05) is 26.0 Å². The van der Waals surface area contributed by atoms with Crippen molar-refractivity contribution in [1.82, 2.24) is 0 Å². The van der Waals surface area contributed by atoms with Crippen LogP contribution in [0.2, 0.25) is 0 Å². The maximum Gasteiger partial charge on any atom is 0.338 e. The summed E-state index contributed by atoms with van der Waals surface area (Å²) < 4.78 is 5.04. The molecule has 0 unspecified atom stereocenters. The van der Waals surface area contributed by atoms with E-state index in [1.807, 2.05) is 24.3 Å². The van der Waals surface area contributed by atoms with Crippen molar-refractivity contribution in [2.24, 2.45) is 0 Å². The van der Waals surface area contributed by atoms with E-state index in [9.17, 15) is 9.59 Å². The first-order valence-electron chi connectivity index (χ1n) is 8.60. The fraction of sp³-hybridized carbons (Fsp3) is 0.333. The molecule has 0 radical (unpaired) electrons. The van der Waals surface area contributed by atoms with Gasteiger partial charge in [0.1, 0.15) is 6.29 Å². The highest BCUT2D eigenvalue weighted by atomic mass is 16.5. The SMILES string of the molecule is CCOC(=O)c1ccc(N2CCC(C)(C)c3ccc(C=O)cc32)cc1. The van der Waals surface area contributed by atoms with Crippen molar-refractivity contribution in [3.8, 4) is 0 Å². The number of nitrogens with zero attached hydrogens (tertiary/aromatic N) is 1. The van der Waals surface area contributed by atoms with Crippen LogP contribution in [-0.4, -0.2) is 25.4 Å². The molecule has 1 heterocycles. The lowest BCUT2D eigenvalue weighted by Gasteiger charge is -2.40. The normalized spacial score (nSPS) is 15.4. The van der Waals surface area contributed by atoms with Crippen LogP contribution in [0.3, 0.4) is 0 Å². The summed E-state index contributed by atoms with van der Waals surface area (Å²) in [5.41, 5.74) is 4.59. The Bertz CT molecular complexity index is 793. The zero-order valence-electron chi connectivity index (χ0n) is 14.9. The molecule has 2 aromatic rings. The van der Waals surface area contributed by atoms with Crippen molar-refractivity contribution < 1.29 is 14.3 Å². The summed E-state index contributed by atoms with van der Waals surface area (Å²) in [6.45, 7) is 7.48. The van der Waals surface area contributed by atoms with Crippen molar-refractivity contribution in [3.05, 3.63) is 59.2 Å². The van der Waals surface area contributed by atoms with Crippen LogP contribution in [0.4, 0.5) is 11.4 Å². The van der Waals surface area contributed by atoms with Gasteiger partial charge in [-0.2, -0.15) is 0 Å². The fourth-order valence-corrected chi connectivity index (χ4v) is 3.32. The third kappa shape index (κ3) is 3.29. The average Bonchev–Trinajstić information content (AvgIpc) is 2.62. The summed E-state index contributed by atoms with van der Waals surface area (Å²) in [5, 5.41) is 0. The van der Waals surface area contributed by atoms with Gasteiger partial charge < -0.3 is 9.64 Å². The molecule has 0 saturated carbocycles. The van der Waals surface area contributed by atoms with E-state index in [4.69, 9.17) is 4.74 Å². The highest BCUT2D eigenvalue weighted by molar-refractivity contribution is 5.90. The first-order chi connectivity index (χ1) is 12.0. The summed E-state index contributed by atoms with van der Waals surface area (Å²) in [4.78, 5) is 25.2. The Morgan fingerprint density at radius 2 is 1.92 bits per heavy atom. The van der Waals surface area contributed by atoms with E-state index in [0.29, 0.717) is 17.7 Å². The van der Waals surface area contributed by atoms with Gasteiger partial charge in [-0.05, 0) is 54.7 Å². The number of aldehydes is 1. The Balaban J connectivity index is 1.98. The second-order valence-electron chi connectivity index (χ2n) is 6.95. The van der Waals surface area contributed by atoms with Crippen LogP contribution in [0.25, 0.3) is 0 Å². The van der Waals surface area contributed by atoms with E-state index >= 15 is 0 Å². The van der Waals surface area contributed by atoms with E-state index < -0.39 is 0 Å². The molecule has 0 N–H and O–H groups in total. The Kier molecular flexibility index (Phi) is 4.62. The molecular formula is C21H23NO3. The van der Waals surface area contributed by atoms with Crippen LogP contribution in [-0.2, 0) is 10.2 Å². The van der Waals surface area contributed by atoms with Gasteiger partial charge in [-0.25, -0.2) is 4.79 Å². The summed E-state index contributed by atoms with van der Waals surface area (Å²) in [6, 6.07) is 13.3. The largest absolute Gasteiger partial charge is 0.462 e. The van der Waals surface area contributed by atoms with Crippen molar-refractivity contribution in [2.75, 3.05) is 18.1 Å². The van der Waals surface area contributed by atoms with Gasteiger partial charge in [0.2, 0.25) is 0 Å². The van der Waals surface area contributed by atoms with Crippen molar-refractivity contribution >= 4 is 23.6 Å². The quantitative estimate of drug-likeness (QED) is 0.609. The number of ether oxygens (including phenoxy) is 1. The number of fused-ring (bicyclic) bond motifs is 1. The lowest BCUT2D eigenvalue weighted by Crippen LogP contribution is -2.34. The fourth-order valence-electron chi connectivity index (χ4n) is 3.32. The van der Waals surface area contributed by atoms with Crippen LogP contribution in [0.15, 0.2) is 42.5 Å². The molecule has 2 aromatic carbocycles. The topological polar surface area (TPSA) is 46.6 Å². The molecule has 130 valence electrons. The molecule has 1 aliphatic rings. The third-order valence-electron chi connectivity index (χ3n) is 4.83. The average molecular weight is 337 g/mol. The van der Waals surface area contributed by atoms with Gasteiger partial charge in [-0.3, -0.25) is 4.79 Å². The number of esters is 1. The number of rotatable bonds is 4. The molecule has 0 atom stereocenters. The van der Waals surface area contributed by atoms with Crippen LogP contribution >= 0.6 is 0 Å². The summed E-state index contributed by atoms with van der Waals surface area (Å²) in [6.07, 6.45) is 1.89. The minimum atomic E-state index is -0.308. The number of benzene rings is 2. The molecule has 0 bridgehead atoms. The molecule has 0 aromatic heterocycles. The molecule has 0 saturated heterocycles. The van der Waals surface area contributed by atoms with Gasteiger partial charge in [0, 0.05) is 23.5 Å². The summed E-state index contributed by atoms with van der Waals surface area (Å²) in [7, 11) is 0. The standard InChI is InChI=1S/C21H23NO3/c1-4-25-20(24)16-6-8-17(9-7-16)22-12-11-21(2,3)18-10-5-15(14-23)13-19(18)22/h5-10,13-14H,4,11-12H2,1-3H3. The predicted octanol–water partition coefficient (Wildman–Crippen LogP) is 4.50. The smallest absolute Gasteiger partial charge is 0.338 e. The molecule has 0 spiro atoms. The van der Waals surface area contributed by atoms with Crippen LogP contribution in [0.1, 0.15) is 53.5 Å². The van der Waals surface area contributed by atoms with Crippen LogP contribution < -0.4 is 4.90 Å².